The van der Waals surface area contributed by atoms with Crippen molar-refractivity contribution in [1.29, 1.82) is 0 Å². The summed E-state index contributed by atoms with van der Waals surface area (Å²) in [6, 6.07) is 0. The van der Waals surface area contributed by atoms with Crippen molar-refractivity contribution < 1.29 is 36.6 Å². The summed E-state index contributed by atoms with van der Waals surface area (Å²) >= 11 is 0. The number of allylic oxidation sites excluding steroid dienone is 4. The Balaban J connectivity index is 0.000000267. The first-order chi connectivity index (χ1) is 18.1. The number of hydrogen-bond acceptors (Lipinski definition) is 2. The van der Waals surface area contributed by atoms with E-state index in [1.807, 2.05) is 13.8 Å². The molecule has 2 N–H and O–H groups in total. The number of hydrogen-bond donors (Lipinski definition) is 2. The lowest BCUT2D eigenvalue weighted by Gasteiger charge is -2.41. The molecule has 2 nitrogen and oxygen atoms in total. The molecule has 0 heterocycles. The van der Waals surface area contributed by atoms with Crippen LogP contribution in [-0.2, 0) is 0 Å². The Labute approximate surface area is 229 Å². The molecule has 0 aromatic rings. The molecule has 4 aliphatic carbocycles. The van der Waals surface area contributed by atoms with E-state index in [2.05, 4.69) is 32.6 Å². The van der Waals surface area contributed by atoms with Gasteiger partial charge in [0.1, 0.15) is 0 Å². The molecule has 4 unspecified atom stereocenters. The molecular weight excluding hydrogens is 518 g/mol. The molecule has 4 aliphatic rings. The Bertz CT molecular complexity index is 895. The van der Waals surface area contributed by atoms with Gasteiger partial charge in [0.05, 0.1) is 6.10 Å². The molecule has 0 amide bonds. The molecule has 4 fully saturated rings. The van der Waals surface area contributed by atoms with E-state index in [1.165, 1.54) is 37.7 Å². The Morgan fingerprint density at radius 1 is 0.923 bits per heavy atom. The van der Waals surface area contributed by atoms with E-state index in [0.717, 1.165) is 55.6 Å². The predicted octanol–water partition coefficient (Wildman–Crippen LogP) is 9.40. The molecule has 0 aliphatic heterocycles. The average Bonchev–Trinajstić information content (AvgIpc) is 3.63. The van der Waals surface area contributed by atoms with Gasteiger partial charge in [0.15, 0.2) is 0 Å². The largest absolute Gasteiger partial charge is 0.429 e. The van der Waals surface area contributed by atoms with E-state index >= 15 is 0 Å². The molecule has 8 heteroatoms. The van der Waals surface area contributed by atoms with Gasteiger partial charge in [-0.05, 0) is 111 Å². The van der Waals surface area contributed by atoms with Gasteiger partial charge in [0.25, 0.3) is 5.60 Å². The third kappa shape index (κ3) is 8.02. The van der Waals surface area contributed by atoms with Crippen LogP contribution >= 0.6 is 0 Å². The molecule has 0 radical (unpaired) electrons. The molecule has 0 aromatic carbocycles. The van der Waals surface area contributed by atoms with E-state index in [4.69, 9.17) is 5.11 Å². The molecule has 0 spiro atoms. The van der Waals surface area contributed by atoms with Gasteiger partial charge in [0, 0.05) is 0 Å². The van der Waals surface area contributed by atoms with Crippen molar-refractivity contribution in [2.24, 2.45) is 23.2 Å². The number of halogens is 6. The minimum Gasteiger partial charge on any atom is -0.388 e. The highest BCUT2D eigenvalue weighted by Gasteiger charge is 2.68. The van der Waals surface area contributed by atoms with Gasteiger partial charge in [-0.15, -0.1) is 0 Å². The first-order valence-electron chi connectivity index (χ1n) is 14.4. The van der Waals surface area contributed by atoms with Crippen molar-refractivity contribution in [1.82, 2.24) is 0 Å². The summed E-state index contributed by atoms with van der Waals surface area (Å²) in [4.78, 5) is 0. The fourth-order valence-corrected chi connectivity index (χ4v) is 6.06. The Morgan fingerprint density at radius 3 is 2.10 bits per heavy atom. The van der Waals surface area contributed by atoms with Gasteiger partial charge in [-0.25, -0.2) is 0 Å². The minimum atomic E-state index is -5.76. The molecule has 0 bridgehead atoms. The van der Waals surface area contributed by atoms with Gasteiger partial charge in [-0.3, -0.25) is 0 Å². The van der Waals surface area contributed by atoms with Crippen LogP contribution < -0.4 is 0 Å². The minimum absolute atomic E-state index is 0.133. The van der Waals surface area contributed by atoms with Crippen molar-refractivity contribution in [3.63, 3.8) is 0 Å². The number of aliphatic hydroxyl groups is 2. The monoisotopic (exact) mass is 564 g/mol. The van der Waals surface area contributed by atoms with Crippen LogP contribution in [0, 0.1) is 23.2 Å². The standard InChI is InChI=1S/C20H30O.C9H10F6O.C2H6/c1-14-9-12-18-17(7-5-13-20(14,18)3)11-10-16-6-4-8-19(21)15(16)2;10-8(11,12)7(16,9(13,14)15)5-1-2-6-3-4-6;1-2/h10-11,14,18-19,21H,2,4-9,12-13H2,1,3H3;1,5-6,16H,2-4H2;1-2H3/b16-10-,17-11+;5-1+;. The summed E-state index contributed by atoms with van der Waals surface area (Å²) in [5.41, 5.74) is -0.315. The second-order valence-electron chi connectivity index (χ2n) is 11.6. The predicted molar refractivity (Wildman–Crippen MR) is 144 cm³/mol. The zero-order valence-electron chi connectivity index (χ0n) is 23.8. The third-order valence-corrected chi connectivity index (χ3v) is 9.07. The maximum atomic E-state index is 12.1. The Kier molecular flexibility index (Phi) is 11.6. The SMILES string of the molecule is C=C1/C(=C\C=C2/CCCC3(C)C(C)CCC23)CCCC1O.CC.OC(/C=C/CC1CC1)(C(F)(F)F)C(F)(F)F. The van der Waals surface area contributed by atoms with Crippen LogP contribution in [0.2, 0.25) is 0 Å². The number of fused-ring (bicyclic) bond motifs is 1. The molecule has 0 aromatic heterocycles. The first-order valence-corrected chi connectivity index (χ1v) is 14.4. The Hall–Kier alpha value is -1.54. The van der Waals surface area contributed by atoms with Gasteiger partial charge in [0.2, 0.25) is 0 Å². The highest BCUT2D eigenvalue weighted by molar-refractivity contribution is 5.37. The highest BCUT2D eigenvalue weighted by atomic mass is 19.4. The van der Waals surface area contributed by atoms with E-state index in [0.29, 0.717) is 5.41 Å². The lowest BCUT2D eigenvalue weighted by molar-refractivity contribution is -0.347. The van der Waals surface area contributed by atoms with Crippen molar-refractivity contribution in [3.05, 3.63) is 47.6 Å². The molecular formula is C31H46F6O2. The fraction of sp³-hybridized carbons (Fsp3) is 0.742. The van der Waals surface area contributed by atoms with Crippen LogP contribution in [0.5, 0.6) is 0 Å². The van der Waals surface area contributed by atoms with Crippen LogP contribution in [-0.4, -0.2) is 34.3 Å². The topological polar surface area (TPSA) is 40.5 Å². The van der Waals surface area contributed by atoms with Crippen LogP contribution in [0.3, 0.4) is 0 Å². The van der Waals surface area contributed by atoms with Crippen molar-refractivity contribution in [2.75, 3.05) is 0 Å². The summed E-state index contributed by atoms with van der Waals surface area (Å²) in [6.07, 6.45) is 4.95. The van der Waals surface area contributed by atoms with Crippen molar-refractivity contribution in [3.8, 4) is 0 Å². The van der Waals surface area contributed by atoms with E-state index < -0.39 is 18.0 Å². The van der Waals surface area contributed by atoms with Gasteiger partial charge in [-0.1, -0.05) is 58.1 Å². The molecule has 224 valence electrons. The van der Waals surface area contributed by atoms with E-state index in [9.17, 15) is 31.4 Å². The van der Waals surface area contributed by atoms with Crippen molar-refractivity contribution >= 4 is 0 Å². The molecule has 4 saturated carbocycles. The molecule has 4 atom stereocenters. The second kappa shape index (κ2) is 13.4. The summed E-state index contributed by atoms with van der Waals surface area (Å²) in [7, 11) is 0. The fourth-order valence-electron chi connectivity index (χ4n) is 6.06. The maximum Gasteiger partial charge on any atom is 0.429 e. The zero-order chi connectivity index (χ0) is 29.6. The smallest absolute Gasteiger partial charge is 0.388 e. The van der Waals surface area contributed by atoms with Gasteiger partial charge >= 0.3 is 12.4 Å². The van der Waals surface area contributed by atoms with Gasteiger partial charge in [-0.2, -0.15) is 26.3 Å². The number of alkyl halides is 6. The zero-order valence-corrected chi connectivity index (χ0v) is 23.8. The summed E-state index contributed by atoms with van der Waals surface area (Å²) in [5, 5.41) is 18.6. The van der Waals surface area contributed by atoms with Gasteiger partial charge < -0.3 is 10.2 Å². The normalized spacial score (nSPS) is 32.0. The second-order valence-corrected chi connectivity index (χ2v) is 11.6. The molecule has 0 saturated heterocycles. The Morgan fingerprint density at radius 2 is 1.54 bits per heavy atom. The molecule has 39 heavy (non-hydrogen) atoms. The number of rotatable bonds is 4. The van der Waals surface area contributed by atoms with Crippen LogP contribution in [0.25, 0.3) is 0 Å². The lowest BCUT2D eigenvalue weighted by atomic mass is 9.64. The third-order valence-electron chi connectivity index (χ3n) is 9.07. The van der Waals surface area contributed by atoms with Crippen LogP contribution in [0.4, 0.5) is 26.3 Å². The van der Waals surface area contributed by atoms with Crippen LogP contribution in [0.15, 0.2) is 47.6 Å². The highest BCUT2D eigenvalue weighted by Crippen LogP contribution is 2.57. The number of aliphatic hydroxyl groups excluding tert-OH is 1. The van der Waals surface area contributed by atoms with Crippen molar-refractivity contribution in [2.45, 2.75) is 122 Å². The quantitative estimate of drug-likeness (QED) is 0.264. The lowest BCUT2D eigenvalue weighted by Crippen LogP contribution is -2.55. The summed E-state index contributed by atoms with van der Waals surface area (Å²) < 4.78 is 72.7. The summed E-state index contributed by atoms with van der Waals surface area (Å²) in [6.45, 7) is 13.0. The van der Waals surface area contributed by atoms with E-state index in [-0.39, 0.29) is 24.5 Å². The van der Waals surface area contributed by atoms with E-state index in [1.54, 1.807) is 5.57 Å². The summed E-state index contributed by atoms with van der Waals surface area (Å²) in [5.74, 6) is 1.81. The first kappa shape index (κ1) is 33.7. The molecule has 4 rings (SSSR count). The maximum absolute atomic E-state index is 12.1. The average molecular weight is 565 g/mol. The van der Waals surface area contributed by atoms with Crippen LogP contribution in [0.1, 0.15) is 98.3 Å².